The molecule has 1 amide bonds. The maximum Gasteiger partial charge on any atom is 0.306 e. The van der Waals surface area contributed by atoms with Gasteiger partial charge in [0, 0.05) is 32.7 Å². The fraction of sp³-hybridized carbons (Fsp3) is 0.857. The quantitative estimate of drug-likeness (QED) is 0.514. The van der Waals surface area contributed by atoms with E-state index in [9.17, 15) is 9.59 Å². The second kappa shape index (κ2) is 8.92. The minimum Gasteiger partial charge on any atom is -0.466 e. The molecule has 6 heteroatoms. The molecule has 116 valence electrons. The van der Waals surface area contributed by atoms with Crippen molar-refractivity contribution >= 4 is 11.9 Å². The lowest BCUT2D eigenvalue weighted by molar-refractivity contribution is -0.145. The lowest BCUT2D eigenvalue weighted by atomic mass is 9.91. The number of nitrogens with zero attached hydrogens (tertiary/aromatic N) is 1. The van der Waals surface area contributed by atoms with Crippen LogP contribution >= 0.6 is 0 Å². The lowest BCUT2D eigenvalue weighted by Gasteiger charge is -2.37. The van der Waals surface area contributed by atoms with Gasteiger partial charge in [0.15, 0.2) is 0 Å². The van der Waals surface area contributed by atoms with Gasteiger partial charge in [-0.05, 0) is 32.2 Å². The van der Waals surface area contributed by atoms with Gasteiger partial charge in [-0.1, -0.05) is 0 Å². The van der Waals surface area contributed by atoms with E-state index in [1.54, 1.807) is 18.7 Å². The van der Waals surface area contributed by atoms with Crippen LogP contribution in [0.2, 0.25) is 0 Å². The smallest absolute Gasteiger partial charge is 0.306 e. The van der Waals surface area contributed by atoms with Crippen molar-refractivity contribution in [2.24, 2.45) is 5.92 Å². The first-order valence-electron chi connectivity index (χ1n) is 7.32. The van der Waals surface area contributed by atoms with E-state index in [0.717, 1.165) is 13.0 Å². The molecule has 2 atom stereocenters. The van der Waals surface area contributed by atoms with E-state index in [0.29, 0.717) is 32.5 Å². The third-order valence-electron chi connectivity index (χ3n) is 3.51. The van der Waals surface area contributed by atoms with E-state index in [1.807, 2.05) is 0 Å². The van der Waals surface area contributed by atoms with Gasteiger partial charge < -0.3 is 20.1 Å². The summed E-state index contributed by atoms with van der Waals surface area (Å²) in [5, 5.41) is 12.1. The number of rotatable bonds is 7. The van der Waals surface area contributed by atoms with Crippen LogP contribution in [0, 0.1) is 5.92 Å². The predicted octanol–water partition coefficient (Wildman–Crippen LogP) is 0.149. The molecule has 1 heterocycles. The summed E-state index contributed by atoms with van der Waals surface area (Å²) in [5.74, 6) is -0.0251. The van der Waals surface area contributed by atoms with Crippen molar-refractivity contribution in [2.75, 3.05) is 32.8 Å². The molecule has 1 aliphatic rings. The van der Waals surface area contributed by atoms with Crippen LogP contribution in [0.4, 0.5) is 0 Å². The number of piperidine rings is 1. The van der Waals surface area contributed by atoms with Crippen LogP contribution in [-0.2, 0) is 14.3 Å². The summed E-state index contributed by atoms with van der Waals surface area (Å²) in [4.78, 5) is 24.9. The maximum atomic E-state index is 11.6. The van der Waals surface area contributed by atoms with Gasteiger partial charge in [-0.2, -0.15) is 0 Å². The molecule has 6 nitrogen and oxygen atoms in total. The van der Waals surface area contributed by atoms with Crippen LogP contribution < -0.4 is 5.32 Å². The van der Waals surface area contributed by atoms with Crippen LogP contribution in [0.15, 0.2) is 0 Å². The predicted molar refractivity (Wildman–Crippen MR) is 75.1 cm³/mol. The van der Waals surface area contributed by atoms with Crippen molar-refractivity contribution < 1.29 is 19.4 Å². The Morgan fingerprint density at radius 1 is 1.40 bits per heavy atom. The SMILES string of the molecule is CCOC(=O)CC1CC(NCCCO)CN(C(C)=O)C1. The Morgan fingerprint density at radius 3 is 2.75 bits per heavy atom. The standard InChI is InChI=1S/C14H26N2O4/c1-3-20-14(19)8-12-7-13(15-5-4-6-17)10-16(9-12)11(2)18/h12-13,15,17H,3-10H2,1-2H3. The average Bonchev–Trinajstić information content (AvgIpc) is 2.39. The van der Waals surface area contributed by atoms with Gasteiger partial charge in [-0.3, -0.25) is 9.59 Å². The number of esters is 1. The Balaban J connectivity index is 2.51. The van der Waals surface area contributed by atoms with Gasteiger partial charge in [0.05, 0.1) is 13.0 Å². The number of hydrogen-bond acceptors (Lipinski definition) is 5. The number of likely N-dealkylation sites (tertiary alicyclic amines) is 1. The number of hydrogen-bond donors (Lipinski definition) is 2. The van der Waals surface area contributed by atoms with Crippen molar-refractivity contribution in [3.63, 3.8) is 0 Å². The Bertz CT molecular complexity index is 322. The van der Waals surface area contributed by atoms with Crippen LogP contribution in [-0.4, -0.2) is 60.8 Å². The lowest BCUT2D eigenvalue weighted by Crippen LogP contribution is -2.51. The van der Waals surface area contributed by atoms with Crippen LogP contribution in [0.3, 0.4) is 0 Å². The molecule has 1 saturated heterocycles. The molecule has 0 aromatic carbocycles. The number of aliphatic hydroxyl groups is 1. The number of amides is 1. The van der Waals surface area contributed by atoms with E-state index in [1.165, 1.54) is 0 Å². The topological polar surface area (TPSA) is 78.9 Å². The van der Waals surface area contributed by atoms with Gasteiger partial charge in [0.1, 0.15) is 0 Å². The summed E-state index contributed by atoms with van der Waals surface area (Å²) >= 11 is 0. The Kier molecular flexibility index (Phi) is 7.54. The van der Waals surface area contributed by atoms with Gasteiger partial charge in [0.25, 0.3) is 0 Å². The largest absolute Gasteiger partial charge is 0.466 e. The average molecular weight is 286 g/mol. The monoisotopic (exact) mass is 286 g/mol. The van der Waals surface area contributed by atoms with Crippen molar-refractivity contribution in [3.8, 4) is 0 Å². The van der Waals surface area contributed by atoms with Crippen molar-refractivity contribution in [3.05, 3.63) is 0 Å². The summed E-state index contributed by atoms with van der Waals surface area (Å²) in [5.41, 5.74) is 0. The van der Waals surface area contributed by atoms with Gasteiger partial charge in [0.2, 0.25) is 5.91 Å². The molecule has 0 saturated carbocycles. The summed E-state index contributed by atoms with van der Waals surface area (Å²) < 4.78 is 4.98. The second-order valence-corrected chi connectivity index (χ2v) is 5.26. The van der Waals surface area contributed by atoms with Crippen molar-refractivity contribution in [2.45, 2.75) is 39.2 Å². The van der Waals surface area contributed by atoms with Gasteiger partial charge in [-0.25, -0.2) is 0 Å². The minimum atomic E-state index is -0.197. The highest BCUT2D eigenvalue weighted by Crippen LogP contribution is 2.21. The first-order valence-corrected chi connectivity index (χ1v) is 7.32. The zero-order valence-electron chi connectivity index (χ0n) is 12.4. The molecule has 2 unspecified atom stereocenters. The minimum absolute atomic E-state index is 0.0347. The number of carbonyl (C=O) groups is 2. The zero-order valence-corrected chi connectivity index (χ0v) is 12.4. The Morgan fingerprint density at radius 2 is 2.15 bits per heavy atom. The Labute approximate surface area is 120 Å². The summed E-state index contributed by atoms with van der Waals surface area (Å²) in [6.07, 6.45) is 1.91. The molecule has 0 bridgehead atoms. The number of carbonyl (C=O) groups excluding carboxylic acids is 2. The molecule has 0 aliphatic carbocycles. The normalized spacial score (nSPS) is 22.6. The number of nitrogens with one attached hydrogen (secondary N) is 1. The number of aliphatic hydroxyl groups excluding tert-OH is 1. The molecule has 0 spiro atoms. The van der Waals surface area contributed by atoms with Crippen molar-refractivity contribution in [1.29, 1.82) is 0 Å². The molecule has 1 fully saturated rings. The molecule has 2 N–H and O–H groups in total. The van der Waals surface area contributed by atoms with Crippen LogP contribution in [0.1, 0.15) is 33.1 Å². The molecule has 1 rings (SSSR count). The summed E-state index contributed by atoms with van der Waals surface area (Å²) in [6.45, 7) is 5.89. The fourth-order valence-corrected chi connectivity index (χ4v) is 2.60. The fourth-order valence-electron chi connectivity index (χ4n) is 2.60. The maximum absolute atomic E-state index is 11.6. The first kappa shape index (κ1) is 16.9. The molecular weight excluding hydrogens is 260 g/mol. The van der Waals surface area contributed by atoms with E-state index in [2.05, 4.69) is 5.32 Å². The highest BCUT2D eigenvalue weighted by molar-refractivity contribution is 5.74. The summed E-state index contributed by atoms with van der Waals surface area (Å²) in [6, 6.07) is 0.179. The van der Waals surface area contributed by atoms with E-state index >= 15 is 0 Å². The van der Waals surface area contributed by atoms with Crippen molar-refractivity contribution in [1.82, 2.24) is 10.2 Å². The number of ether oxygens (including phenoxy) is 1. The zero-order chi connectivity index (χ0) is 15.0. The van der Waals surface area contributed by atoms with Gasteiger partial charge in [-0.15, -0.1) is 0 Å². The van der Waals surface area contributed by atoms with E-state index in [4.69, 9.17) is 9.84 Å². The molecule has 20 heavy (non-hydrogen) atoms. The van der Waals surface area contributed by atoms with Gasteiger partial charge >= 0.3 is 5.97 Å². The third kappa shape index (κ3) is 5.88. The molecular formula is C14H26N2O4. The second-order valence-electron chi connectivity index (χ2n) is 5.26. The molecule has 0 radical (unpaired) electrons. The van der Waals surface area contributed by atoms with Crippen LogP contribution in [0.5, 0.6) is 0 Å². The highest BCUT2D eigenvalue weighted by Gasteiger charge is 2.29. The van der Waals surface area contributed by atoms with E-state index < -0.39 is 0 Å². The first-order chi connectivity index (χ1) is 9.56. The molecule has 1 aliphatic heterocycles. The van der Waals surface area contributed by atoms with Crippen LogP contribution in [0.25, 0.3) is 0 Å². The Hall–Kier alpha value is -1.14. The summed E-state index contributed by atoms with van der Waals surface area (Å²) in [7, 11) is 0. The highest BCUT2D eigenvalue weighted by atomic mass is 16.5. The molecule has 0 aromatic heterocycles. The third-order valence-corrected chi connectivity index (χ3v) is 3.51. The van der Waals surface area contributed by atoms with E-state index in [-0.39, 0.29) is 30.4 Å². The molecule has 0 aromatic rings.